The molecule has 1 fully saturated rings. The maximum Gasteiger partial charge on any atom is 0.131 e. The smallest absolute Gasteiger partial charge is 0.131 e. The van der Waals surface area contributed by atoms with Gasteiger partial charge in [0.1, 0.15) is 24.2 Å². The molecule has 0 aromatic heterocycles. The molecule has 0 radical (unpaired) electrons. The van der Waals surface area contributed by atoms with Crippen LogP contribution in [0.2, 0.25) is 0 Å². The summed E-state index contributed by atoms with van der Waals surface area (Å²) in [6.07, 6.45) is 1.71. The first kappa shape index (κ1) is 10.4. The molecule has 0 aliphatic carbocycles. The highest BCUT2D eigenvalue weighted by Gasteiger charge is 2.23. The number of hydrogen-bond donors (Lipinski definition) is 1. The lowest BCUT2D eigenvalue weighted by atomic mass is 10.3. The highest BCUT2D eigenvalue weighted by Crippen LogP contribution is 2.26. The molecular formula is C10H12O4S. The molecule has 0 spiro atoms. The molecule has 1 aliphatic heterocycles. The minimum absolute atomic E-state index is 0.0332. The summed E-state index contributed by atoms with van der Waals surface area (Å²) in [6.45, 7) is 1.24. The van der Waals surface area contributed by atoms with Gasteiger partial charge >= 0.3 is 0 Å². The van der Waals surface area contributed by atoms with E-state index < -0.39 is 10.8 Å². The first-order valence-corrected chi connectivity index (χ1v) is 6.13. The Morgan fingerprint density at radius 1 is 1.67 bits per heavy atom. The Morgan fingerprint density at radius 3 is 3.00 bits per heavy atom. The van der Waals surface area contributed by atoms with Crippen molar-refractivity contribution in [2.45, 2.75) is 11.0 Å². The number of phenols is 1. The fourth-order valence-electron chi connectivity index (χ4n) is 1.17. The van der Waals surface area contributed by atoms with Crippen LogP contribution in [0.25, 0.3) is 0 Å². The van der Waals surface area contributed by atoms with E-state index in [-0.39, 0.29) is 11.9 Å². The van der Waals surface area contributed by atoms with Gasteiger partial charge in [-0.2, -0.15) is 0 Å². The fourth-order valence-corrected chi connectivity index (χ4v) is 1.81. The molecule has 2 unspecified atom stereocenters. The number of phenolic OH excluding ortho intramolecular Hbond substituents is 1. The second-order valence-electron chi connectivity index (χ2n) is 3.35. The van der Waals surface area contributed by atoms with E-state index in [1.807, 2.05) is 0 Å². The van der Waals surface area contributed by atoms with Crippen molar-refractivity contribution in [2.75, 3.05) is 19.5 Å². The molecule has 1 aromatic rings. The highest BCUT2D eigenvalue weighted by atomic mass is 32.2. The van der Waals surface area contributed by atoms with Crippen LogP contribution in [-0.4, -0.2) is 34.9 Å². The molecule has 5 heteroatoms. The molecule has 2 rings (SSSR count). The molecule has 1 heterocycles. The van der Waals surface area contributed by atoms with E-state index in [9.17, 15) is 9.32 Å². The summed E-state index contributed by atoms with van der Waals surface area (Å²) in [7, 11) is -1.21. The maximum absolute atomic E-state index is 11.2. The second-order valence-corrected chi connectivity index (χ2v) is 4.70. The van der Waals surface area contributed by atoms with Gasteiger partial charge in [-0.15, -0.1) is 0 Å². The molecule has 15 heavy (non-hydrogen) atoms. The molecule has 82 valence electrons. The van der Waals surface area contributed by atoms with Crippen LogP contribution in [0.4, 0.5) is 0 Å². The van der Waals surface area contributed by atoms with Crippen molar-refractivity contribution in [1.82, 2.24) is 0 Å². The van der Waals surface area contributed by atoms with Crippen LogP contribution in [0.5, 0.6) is 11.5 Å². The molecule has 0 amide bonds. The Balaban J connectivity index is 2.10. The predicted octanol–water partition coefficient (Wildman–Crippen LogP) is 0.907. The maximum atomic E-state index is 11.2. The first-order valence-electron chi connectivity index (χ1n) is 4.57. The molecule has 1 N–H and O–H groups in total. The lowest BCUT2D eigenvalue weighted by molar-refractivity contribution is 0.262. The van der Waals surface area contributed by atoms with E-state index in [1.165, 1.54) is 12.3 Å². The van der Waals surface area contributed by atoms with Crippen molar-refractivity contribution in [3.63, 3.8) is 0 Å². The van der Waals surface area contributed by atoms with Gasteiger partial charge < -0.3 is 14.6 Å². The Hall–Kier alpha value is -1.07. The normalized spacial score (nSPS) is 21.0. The van der Waals surface area contributed by atoms with Crippen molar-refractivity contribution in [1.29, 1.82) is 0 Å². The molecule has 0 bridgehead atoms. The Bertz CT molecular complexity index is 387. The minimum atomic E-state index is -1.21. The highest BCUT2D eigenvalue weighted by molar-refractivity contribution is 7.84. The average molecular weight is 228 g/mol. The average Bonchev–Trinajstić information content (AvgIpc) is 3.00. The van der Waals surface area contributed by atoms with E-state index in [0.29, 0.717) is 17.3 Å². The molecule has 1 aromatic carbocycles. The molecule has 2 atom stereocenters. The number of ether oxygens (including phenoxy) is 2. The summed E-state index contributed by atoms with van der Waals surface area (Å²) >= 11 is 0. The summed E-state index contributed by atoms with van der Waals surface area (Å²) in [5.74, 6) is 0.638. The van der Waals surface area contributed by atoms with Gasteiger partial charge in [-0.05, 0) is 18.2 Å². The zero-order chi connectivity index (χ0) is 10.8. The lowest BCUT2D eigenvalue weighted by Crippen LogP contribution is -2.04. The molecule has 1 saturated heterocycles. The van der Waals surface area contributed by atoms with E-state index in [0.717, 1.165) is 6.61 Å². The van der Waals surface area contributed by atoms with Crippen LogP contribution in [0.15, 0.2) is 23.1 Å². The van der Waals surface area contributed by atoms with E-state index >= 15 is 0 Å². The number of aromatic hydroxyl groups is 1. The number of hydrogen-bond acceptors (Lipinski definition) is 4. The number of rotatable bonds is 4. The third-order valence-electron chi connectivity index (χ3n) is 2.08. The summed E-state index contributed by atoms with van der Waals surface area (Å²) in [5.41, 5.74) is 0. The Kier molecular flexibility index (Phi) is 2.93. The van der Waals surface area contributed by atoms with Crippen LogP contribution in [0.1, 0.15) is 0 Å². The van der Waals surface area contributed by atoms with Crippen molar-refractivity contribution in [3.05, 3.63) is 18.2 Å². The van der Waals surface area contributed by atoms with E-state index in [1.54, 1.807) is 12.1 Å². The fraction of sp³-hybridized carbons (Fsp3) is 0.400. The van der Waals surface area contributed by atoms with Gasteiger partial charge in [0.15, 0.2) is 0 Å². The van der Waals surface area contributed by atoms with Crippen LogP contribution in [0, 0.1) is 0 Å². The summed E-state index contributed by atoms with van der Waals surface area (Å²) in [4.78, 5) is 0.393. The summed E-state index contributed by atoms with van der Waals surface area (Å²) in [5, 5.41) is 9.42. The van der Waals surface area contributed by atoms with Crippen LogP contribution < -0.4 is 4.74 Å². The van der Waals surface area contributed by atoms with Gasteiger partial charge in [0, 0.05) is 6.26 Å². The van der Waals surface area contributed by atoms with Crippen LogP contribution in [-0.2, 0) is 15.5 Å². The zero-order valence-corrected chi connectivity index (χ0v) is 9.12. The van der Waals surface area contributed by atoms with Crippen molar-refractivity contribution >= 4 is 10.8 Å². The zero-order valence-electron chi connectivity index (χ0n) is 8.30. The largest absolute Gasteiger partial charge is 0.507 e. The van der Waals surface area contributed by atoms with Gasteiger partial charge in [-0.25, -0.2) is 0 Å². The summed E-state index contributed by atoms with van der Waals surface area (Å²) < 4.78 is 21.6. The number of benzene rings is 1. The SMILES string of the molecule is CS(=O)c1cc(OCC2CO2)ccc1O. The lowest BCUT2D eigenvalue weighted by Gasteiger charge is -2.06. The monoisotopic (exact) mass is 228 g/mol. The third-order valence-corrected chi connectivity index (χ3v) is 3.03. The number of epoxide rings is 1. The van der Waals surface area contributed by atoms with Crippen LogP contribution in [0.3, 0.4) is 0 Å². The van der Waals surface area contributed by atoms with Crippen molar-refractivity contribution < 1.29 is 18.8 Å². The van der Waals surface area contributed by atoms with Gasteiger partial charge in [0.25, 0.3) is 0 Å². The van der Waals surface area contributed by atoms with Gasteiger partial charge in [-0.3, -0.25) is 4.21 Å². The van der Waals surface area contributed by atoms with Gasteiger partial charge in [0.05, 0.1) is 22.3 Å². The quantitative estimate of drug-likeness (QED) is 0.778. The second kappa shape index (κ2) is 4.20. The van der Waals surface area contributed by atoms with E-state index in [4.69, 9.17) is 9.47 Å². The van der Waals surface area contributed by atoms with Gasteiger partial charge in [0.2, 0.25) is 0 Å². The van der Waals surface area contributed by atoms with E-state index in [2.05, 4.69) is 0 Å². The molecule has 4 nitrogen and oxygen atoms in total. The van der Waals surface area contributed by atoms with Crippen molar-refractivity contribution in [3.8, 4) is 11.5 Å². The molecule has 1 aliphatic rings. The molecular weight excluding hydrogens is 216 g/mol. The topological polar surface area (TPSA) is 59.1 Å². The summed E-state index contributed by atoms with van der Waals surface area (Å²) in [6, 6.07) is 4.72. The predicted molar refractivity (Wildman–Crippen MR) is 55.7 cm³/mol. The van der Waals surface area contributed by atoms with Gasteiger partial charge in [-0.1, -0.05) is 0 Å². The first-order chi connectivity index (χ1) is 7.16. The minimum Gasteiger partial charge on any atom is -0.507 e. The standard InChI is InChI=1S/C10H12O4S/c1-15(12)10-4-7(2-3-9(10)11)13-5-8-6-14-8/h2-4,8,11H,5-6H2,1H3. The Labute approximate surface area is 90.3 Å². The molecule has 0 saturated carbocycles. The van der Waals surface area contributed by atoms with Crippen LogP contribution >= 0.6 is 0 Å². The third kappa shape index (κ3) is 2.70. The van der Waals surface area contributed by atoms with Crippen molar-refractivity contribution in [2.24, 2.45) is 0 Å². The Morgan fingerprint density at radius 2 is 2.40 bits per heavy atom.